The average Bonchev–Trinajstić information content (AvgIpc) is 3.03. The fraction of sp³-hybridized carbons (Fsp3) is 0.667. The summed E-state index contributed by atoms with van der Waals surface area (Å²) in [6.45, 7) is 2.17. The van der Waals surface area contributed by atoms with Crippen LogP contribution in [-0.4, -0.2) is 21.8 Å². The quantitative estimate of drug-likeness (QED) is 0.773. The molecule has 1 aliphatic rings. The molecule has 1 aliphatic carbocycles. The van der Waals surface area contributed by atoms with Crippen molar-refractivity contribution in [1.29, 1.82) is 0 Å². The van der Waals surface area contributed by atoms with Gasteiger partial charge in [-0.25, -0.2) is 4.98 Å². The van der Waals surface area contributed by atoms with E-state index < -0.39 is 5.97 Å². The number of carbonyl (C=O) groups is 1. The third-order valence-electron chi connectivity index (χ3n) is 2.62. The van der Waals surface area contributed by atoms with Gasteiger partial charge in [0.05, 0.1) is 12.1 Å². The first-order valence-electron chi connectivity index (χ1n) is 5.98. The monoisotopic (exact) mass is 271 g/mol. The summed E-state index contributed by atoms with van der Waals surface area (Å²) >= 11 is 3.47. The molecule has 0 atom stereocenters. The first-order chi connectivity index (χ1) is 8.20. The lowest BCUT2D eigenvalue weighted by Crippen LogP contribution is -2.00. The van der Waals surface area contributed by atoms with Gasteiger partial charge < -0.3 is 5.11 Å². The number of aliphatic carboxylic acids is 1. The maximum absolute atomic E-state index is 10.8. The highest BCUT2D eigenvalue weighted by molar-refractivity contribution is 7.98. The molecule has 0 aliphatic heterocycles. The van der Waals surface area contributed by atoms with Crippen molar-refractivity contribution in [1.82, 2.24) is 4.98 Å². The van der Waals surface area contributed by atoms with Crippen molar-refractivity contribution in [2.45, 2.75) is 44.3 Å². The Morgan fingerprint density at radius 3 is 2.94 bits per heavy atom. The molecule has 94 valence electrons. The van der Waals surface area contributed by atoms with Crippen molar-refractivity contribution in [2.24, 2.45) is 0 Å². The summed E-state index contributed by atoms with van der Waals surface area (Å²) in [5.41, 5.74) is 1.07. The van der Waals surface area contributed by atoms with Crippen LogP contribution in [0.2, 0.25) is 0 Å². The lowest BCUT2D eigenvalue weighted by atomic mass is 10.2. The van der Waals surface area contributed by atoms with Crippen LogP contribution in [-0.2, 0) is 17.0 Å². The standard InChI is InChI=1S/C12H17NO2S2/c1-2-5-16-7-10-13-12(8-3-4-8)9(17-10)6-11(14)15/h8H,2-7H2,1H3,(H,14,15). The molecule has 1 aromatic heterocycles. The van der Waals surface area contributed by atoms with Crippen molar-refractivity contribution in [3.63, 3.8) is 0 Å². The second kappa shape index (κ2) is 5.87. The SMILES string of the molecule is CCCSCc1nc(C2CC2)c(CC(=O)O)s1. The first kappa shape index (κ1) is 12.9. The van der Waals surface area contributed by atoms with E-state index in [0.29, 0.717) is 5.92 Å². The predicted octanol–water partition coefficient (Wildman–Crippen LogP) is 3.29. The average molecular weight is 271 g/mol. The smallest absolute Gasteiger partial charge is 0.308 e. The van der Waals surface area contributed by atoms with Gasteiger partial charge in [0.15, 0.2) is 0 Å². The Bertz CT molecular complexity index is 399. The van der Waals surface area contributed by atoms with E-state index in [4.69, 9.17) is 5.11 Å². The molecule has 1 fully saturated rings. The summed E-state index contributed by atoms with van der Waals surface area (Å²) in [5.74, 6) is 1.87. The van der Waals surface area contributed by atoms with E-state index in [2.05, 4.69) is 11.9 Å². The van der Waals surface area contributed by atoms with E-state index in [1.165, 1.54) is 19.3 Å². The number of thiazole rings is 1. The molecule has 1 aromatic rings. The van der Waals surface area contributed by atoms with Gasteiger partial charge >= 0.3 is 5.97 Å². The molecular formula is C12H17NO2S2. The van der Waals surface area contributed by atoms with Crippen LogP contribution in [0, 0.1) is 0 Å². The van der Waals surface area contributed by atoms with E-state index in [9.17, 15) is 4.79 Å². The molecule has 0 aromatic carbocycles. The van der Waals surface area contributed by atoms with Crippen LogP contribution in [0.25, 0.3) is 0 Å². The van der Waals surface area contributed by atoms with Gasteiger partial charge in [-0.1, -0.05) is 6.92 Å². The number of thioether (sulfide) groups is 1. The summed E-state index contributed by atoms with van der Waals surface area (Å²) in [6, 6.07) is 0. The van der Waals surface area contributed by atoms with Gasteiger partial charge in [-0.3, -0.25) is 4.79 Å². The number of rotatable bonds is 7. The van der Waals surface area contributed by atoms with Crippen LogP contribution in [0.15, 0.2) is 0 Å². The number of carboxylic acids is 1. The second-order valence-electron chi connectivity index (χ2n) is 4.31. The van der Waals surface area contributed by atoms with Gasteiger partial charge in [-0.15, -0.1) is 11.3 Å². The molecule has 0 spiro atoms. The zero-order valence-corrected chi connectivity index (χ0v) is 11.6. The highest BCUT2D eigenvalue weighted by atomic mass is 32.2. The largest absolute Gasteiger partial charge is 0.481 e. The molecule has 3 nitrogen and oxygen atoms in total. The van der Waals surface area contributed by atoms with E-state index in [1.807, 2.05) is 11.8 Å². The predicted molar refractivity (Wildman–Crippen MR) is 71.9 cm³/mol. The third kappa shape index (κ3) is 3.71. The van der Waals surface area contributed by atoms with Gasteiger partial charge in [-0.2, -0.15) is 11.8 Å². The van der Waals surface area contributed by atoms with Crippen LogP contribution in [0.4, 0.5) is 0 Å². The van der Waals surface area contributed by atoms with E-state index in [-0.39, 0.29) is 6.42 Å². The Labute approximate surface area is 110 Å². The van der Waals surface area contributed by atoms with Gasteiger partial charge in [-0.05, 0) is 25.0 Å². The minimum atomic E-state index is -0.747. The topological polar surface area (TPSA) is 50.2 Å². The highest BCUT2D eigenvalue weighted by Gasteiger charge is 2.30. The zero-order chi connectivity index (χ0) is 12.3. The fourth-order valence-corrected chi connectivity index (χ4v) is 3.82. The molecule has 0 unspecified atom stereocenters. The summed E-state index contributed by atoms with van der Waals surface area (Å²) in [4.78, 5) is 16.4. The van der Waals surface area contributed by atoms with Crippen molar-refractivity contribution < 1.29 is 9.90 Å². The number of nitrogens with zero attached hydrogens (tertiary/aromatic N) is 1. The molecule has 0 bridgehead atoms. The summed E-state index contributed by atoms with van der Waals surface area (Å²) < 4.78 is 0. The van der Waals surface area contributed by atoms with Crippen molar-refractivity contribution in [3.8, 4) is 0 Å². The van der Waals surface area contributed by atoms with Gasteiger partial charge in [0.25, 0.3) is 0 Å². The summed E-state index contributed by atoms with van der Waals surface area (Å²) in [7, 11) is 0. The molecule has 0 saturated heterocycles. The lowest BCUT2D eigenvalue weighted by Gasteiger charge is -1.95. The Balaban J connectivity index is 2.04. The Kier molecular flexibility index (Phi) is 4.45. The molecule has 2 rings (SSSR count). The van der Waals surface area contributed by atoms with Crippen LogP contribution in [0.1, 0.15) is 47.7 Å². The van der Waals surface area contributed by atoms with Gasteiger partial charge in [0.2, 0.25) is 0 Å². The molecule has 1 heterocycles. The molecule has 0 amide bonds. The Hall–Kier alpha value is -0.550. The third-order valence-corrected chi connectivity index (χ3v) is 5.05. The Morgan fingerprint density at radius 1 is 1.59 bits per heavy atom. The highest BCUT2D eigenvalue weighted by Crippen LogP contribution is 2.43. The van der Waals surface area contributed by atoms with Crippen LogP contribution >= 0.6 is 23.1 Å². The van der Waals surface area contributed by atoms with Gasteiger partial charge in [0, 0.05) is 16.5 Å². The molecule has 5 heteroatoms. The number of carboxylic acid groups (broad SMARTS) is 1. The van der Waals surface area contributed by atoms with Gasteiger partial charge in [0.1, 0.15) is 5.01 Å². The number of hydrogen-bond acceptors (Lipinski definition) is 4. The van der Waals surface area contributed by atoms with Crippen LogP contribution < -0.4 is 0 Å². The normalized spacial score (nSPS) is 15.1. The van der Waals surface area contributed by atoms with Crippen LogP contribution in [0.3, 0.4) is 0 Å². The number of aromatic nitrogens is 1. The molecule has 0 radical (unpaired) electrons. The number of hydrogen-bond donors (Lipinski definition) is 1. The summed E-state index contributed by atoms with van der Waals surface area (Å²) in [5, 5.41) is 9.99. The van der Waals surface area contributed by atoms with Crippen LogP contribution in [0.5, 0.6) is 0 Å². The van der Waals surface area contributed by atoms with E-state index >= 15 is 0 Å². The summed E-state index contributed by atoms with van der Waals surface area (Å²) in [6.07, 6.45) is 3.67. The lowest BCUT2D eigenvalue weighted by molar-refractivity contribution is -0.136. The first-order valence-corrected chi connectivity index (χ1v) is 7.95. The maximum atomic E-state index is 10.8. The van der Waals surface area contributed by atoms with Crippen molar-refractivity contribution in [2.75, 3.05) is 5.75 Å². The van der Waals surface area contributed by atoms with Crippen molar-refractivity contribution in [3.05, 3.63) is 15.6 Å². The Morgan fingerprint density at radius 2 is 2.35 bits per heavy atom. The van der Waals surface area contributed by atoms with E-state index in [0.717, 1.165) is 27.1 Å². The molecule has 1 saturated carbocycles. The molecule has 1 N–H and O–H groups in total. The minimum Gasteiger partial charge on any atom is -0.481 e. The fourth-order valence-electron chi connectivity index (χ4n) is 1.72. The van der Waals surface area contributed by atoms with E-state index in [1.54, 1.807) is 11.3 Å². The second-order valence-corrected chi connectivity index (χ2v) is 6.59. The molecular weight excluding hydrogens is 254 g/mol. The minimum absolute atomic E-state index is 0.141. The molecule has 17 heavy (non-hydrogen) atoms. The zero-order valence-electron chi connectivity index (χ0n) is 9.94. The maximum Gasteiger partial charge on any atom is 0.308 e. The van der Waals surface area contributed by atoms with Crippen molar-refractivity contribution >= 4 is 29.1 Å².